The second kappa shape index (κ2) is 7.84. The summed E-state index contributed by atoms with van der Waals surface area (Å²) in [5.41, 5.74) is 6.10. The fourth-order valence-corrected chi connectivity index (χ4v) is 3.00. The van der Waals surface area contributed by atoms with Crippen LogP contribution in [-0.4, -0.2) is 80.1 Å². The minimum atomic E-state index is 0.585. The average Bonchev–Trinajstić information content (AvgIpc) is 2.48. The van der Waals surface area contributed by atoms with Crippen molar-refractivity contribution in [3.05, 3.63) is 0 Å². The van der Waals surface area contributed by atoms with Crippen LogP contribution in [0.2, 0.25) is 0 Å². The lowest BCUT2D eigenvalue weighted by Crippen LogP contribution is -2.46. The maximum Gasteiger partial charge on any atom is 0.191 e. The van der Waals surface area contributed by atoms with Crippen molar-refractivity contribution in [3.8, 4) is 0 Å². The lowest BCUT2D eigenvalue weighted by Gasteiger charge is -2.33. The molecule has 2 rings (SSSR count). The molecule has 2 aliphatic heterocycles. The molecule has 0 aromatic rings. The van der Waals surface area contributed by atoms with Crippen LogP contribution in [0.15, 0.2) is 4.99 Å². The third-order valence-electron chi connectivity index (χ3n) is 4.41. The number of hydrogen-bond acceptors (Lipinski definition) is 3. The first-order valence-corrected chi connectivity index (χ1v) is 8.11. The Balaban J connectivity index is 1.69. The summed E-state index contributed by atoms with van der Waals surface area (Å²) in [5.74, 6) is 1.34. The Labute approximate surface area is 123 Å². The van der Waals surface area contributed by atoms with Crippen molar-refractivity contribution in [1.82, 2.24) is 14.7 Å². The Morgan fingerprint density at radius 3 is 2.35 bits per heavy atom. The molecule has 0 aromatic carbocycles. The summed E-state index contributed by atoms with van der Waals surface area (Å²) in [4.78, 5) is 11.8. The maximum absolute atomic E-state index is 6.10. The number of piperazine rings is 1. The first-order chi connectivity index (χ1) is 9.65. The van der Waals surface area contributed by atoms with E-state index < -0.39 is 0 Å². The monoisotopic (exact) mass is 281 g/mol. The summed E-state index contributed by atoms with van der Waals surface area (Å²) in [7, 11) is 2.20. The van der Waals surface area contributed by atoms with Gasteiger partial charge in [-0.3, -0.25) is 4.99 Å². The van der Waals surface area contributed by atoms with Crippen LogP contribution in [-0.2, 0) is 0 Å². The molecule has 0 amide bonds. The van der Waals surface area contributed by atoms with Gasteiger partial charge in [-0.05, 0) is 32.2 Å². The molecule has 20 heavy (non-hydrogen) atoms. The molecule has 0 aliphatic carbocycles. The number of nitrogens with zero attached hydrogens (tertiary/aromatic N) is 4. The fraction of sp³-hybridized carbons (Fsp3) is 0.933. The number of piperidine rings is 1. The second-order valence-electron chi connectivity index (χ2n) is 6.46. The van der Waals surface area contributed by atoms with Crippen LogP contribution < -0.4 is 5.73 Å². The standard InChI is InChI=1S/C15H31N5/c1-14(13-19-10-8-18(2)9-11-19)12-17-15(16)20-6-4-3-5-7-20/h14H,3-13H2,1-2H3,(H2,16,17). The summed E-state index contributed by atoms with van der Waals surface area (Å²) in [6.45, 7) is 11.2. The van der Waals surface area contributed by atoms with E-state index in [4.69, 9.17) is 5.73 Å². The van der Waals surface area contributed by atoms with Gasteiger partial charge >= 0.3 is 0 Å². The first-order valence-electron chi connectivity index (χ1n) is 8.11. The number of rotatable bonds is 4. The molecule has 2 fully saturated rings. The Morgan fingerprint density at radius 1 is 1.05 bits per heavy atom. The van der Waals surface area contributed by atoms with Gasteiger partial charge in [-0.25, -0.2) is 0 Å². The van der Waals surface area contributed by atoms with Gasteiger partial charge < -0.3 is 20.4 Å². The average molecular weight is 281 g/mol. The Morgan fingerprint density at radius 2 is 1.70 bits per heavy atom. The van der Waals surface area contributed by atoms with E-state index in [2.05, 4.69) is 33.7 Å². The first kappa shape index (κ1) is 15.6. The summed E-state index contributed by atoms with van der Waals surface area (Å²) >= 11 is 0. The highest BCUT2D eigenvalue weighted by Gasteiger charge is 2.16. The fourth-order valence-electron chi connectivity index (χ4n) is 3.00. The molecule has 0 saturated carbocycles. The molecule has 5 nitrogen and oxygen atoms in total. The van der Waals surface area contributed by atoms with E-state index in [0.29, 0.717) is 5.92 Å². The van der Waals surface area contributed by atoms with Gasteiger partial charge in [0.2, 0.25) is 0 Å². The molecule has 2 aliphatic rings. The maximum atomic E-state index is 6.10. The van der Waals surface area contributed by atoms with E-state index in [9.17, 15) is 0 Å². The van der Waals surface area contributed by atoms with Gasteiger partial charge in [0.05, 0.1) is 0 Å². The van der Waals surface area contributed by atoms with Crippen molar-refractivity contribution < 1.29 is 0 Å². The molecule has 116 valence electrons. The van der Waals surface area contributed by atoms with Gasteiger partial charge in [0.1, 0.15) is 0 Å². The third-order valence-corrected chi connectivity index (χ3v) is 4.41. The van der Waals surface area contributed by atoms with Crippen LogP contribution in [0.1, 0.15) is 26.2 Å². The molecule has 0 bridgehead atoms. The van der Waals surface area contributed by atoms with Gasteiger partial charge in [-0.1, -0.05) is 6.92 Å². The molecule has 2 saturated heterocycles. The Kier molecular flexibility index (Phi) is 6.10. The van der Waals surface area contributed by atoms with Crippen LogP contribution >= 0.6 is 0 Å². The predicted molar refractivity (Wildman–Crippen MR) is 85.0 cm³/mol. The molecule has 5 heteroatoms. The van der Waals surface area contributed by atoms with E-state index in [1.54, 1.807) is 0 Å². The highest BCUT2D eigenvalue weighted by Crippen LogP contribution is 2.09. The number of likely N-dealkylation sites (N-methyl/N-ethyl adjacent to an activating group) is 1. The summed E-state index contributed by atoms with van der Waals surface area (Å²) < 4.78 is 0. The second-order valence-corrected chi connectivity index (χ2v) is 6.46. The van der Waals surface area contributed by atoms with Gasteiger partial charge in [0.25, 0.3) is 0 Å². The van der Waals surface area contributed by atoms with Crippen molar-refractivity contribution in [2.24, 2.45) is 16.6 Å². The number of hydrogen-bond donors (Lipinski definition) is 1. The Hall–Kier alpha value is -0.810. The van der Waals surface area contributed by atoms with E-state index in [-0.39, 0.29) is 0 Å². The quantitative estimate of drug-likeness (QED) is 0.608. The van der Waals surface area contributed by atoms with Crippen LogP contribution in [0.5, 0.6) is 0 Å². The third kappa shape index (κ3) is 4.94. The van der Waals surface area contributed by atoms with E-state index >= 15 is 0 Å². The molecule has 1 atom stereocenters. The zero-order chi connectivity index (χ0) is 14.4. The molecular formula is C15H31N5. The molecule has 1 unspecified atom stereocenters. The largest absolute Gasteiger partial charge is 0.370 e. The van der Waals surface area contributed by atoms with Crippen molar-refractivity contribution in [2.45, 2.75) is 26.2 Å². The smallest absolute Gasteiger partial charge is 0.191 e. The van der Waals surface area contributed by atoms with Gasteiger partial charge in [0.15, 0.2) is 5.96 Å². The summed E-state index contributed by atoms with van der Waals surface area (Å²) in [5, 5.41) is 0. The van der Waals surface area contributed by atoms with Gasteiger partial charge in [0, 0.05) is 52.4 Å². The zero-order valence-corrected chi connectivity index (χ0v) is 13.2. The number of guanidine groups is 1. The molecule has 2 N–H and O–H groups in total. The van der Waals surface area contributed by atoms with Crippen LogP contribution in [0.4, 0.5) is 0 Å². The van der Waals surface area contributed by atoms with Crippen molar-refractivity contribution >= 4 is 5.96 Å². The topological polar surface area (TPSA) is 48.1 Å². The van der Waals surface area contributed by atoms with Gasteiger partial charge in [-0.2, -0.15) is 0 Å². The van der Waals surface area contributed by atoms with Crippen molar-refractivity contribution in [1.29, 1.82) is 0 Å². The SMILES string of the molecule is CC(CN=C(N)N1CCCCC1)CN1CCN(C)CC1. The highest BCUT2D eigenvalue weighted by molar-refractivity contribution is 5.78. The number of aliphatic imine (C=N–C) groups is 1. The van der Waals surface area contributed by atoms with Crippen LogP contribution in [0.25, 0.3) is 0 Å². The van der Waals surface area contributed by atoms with E-state index in [1.807, 2.05) is 0 Å². The van der Waals surface area contributed by atoms with Crippen LogP contribution in [0.3, 0.4) is 0 Å². The van der Waals surface area contributed by atoms with Crippen molar-refractivity contribution in [2.75, 3.05) is 59.4 Å². The minimum absolute atomic E-state index is 0.585. The van der Waals surface area contributed by atoms with Crippen LogP contribution in [0, 0.1) is 5.92 Å². The molecule has 0 spiro atoms. The zero-order valence-electron chi connectivity index (χ0n) is 13.2. The molecule has 0 aromatic heterocycles. The minimum Gasteiger partial charge on any atom is -0.370 e. The molecular weight excluding hydrogens is 250 g/mol. The summed E-state index contributed by atoms with van der Waals surface area (Å²) in [6, 6.07) is 0. The number of nitrogens with two attached hydrogens (primary N) is 1. The van der Waals surface area contributed by atoms with Crippen molar-refractivity contribution in [3.63, 3.8) is 0 Å². The molecule has 0 radical (unpaired) electrons. The number of likely N-dealkylation sites (tertiary alicyclic amines) is 1. The Bertz CT molecular complexity index is 303. The molecule has 2 heterocycles. The lowest BCUT2D eigenvalue weighted by atomic mass is 10.1. The van der Waals surface area contributed by atoms with E-state index in [0.717, 1.165) is 32.1 Å². The highest BCUT2D eigenvalue weighted by atomic mass is 15.3. The normalized spacial score (nSPS) is 24.9. The van der Waals surface area contributed by atoms with Gasteiger partial charge in [-0.15, -0.1) is 0 Å². The van der Waals surface area contributed by atoms with E-state index in [1.165, 1.54) is 45.4 Å². The lowest BCUT2D eigenvalue weighted by molar-refractivity contribution is 0.140. The predicted octanol–water partition coefficient (Wildman–Crippen LogP) is 0.671. The summed E-state index contributed by atoms with van der Waals surface area (Å²) in [6.07, 6.45) is 3.85.